The number of hydrogen-bond donors (Lipinski definition) is 0. The molecule has 2 aliphatic rings. The maximum absolute atomic E-state index is 12.3. The molecule has 26 heteroatoms. The molecule has 4 amide bonds. The Balaban J connectivity index is -0.000000131. The maximum Gasteiger partial charge on any atom is 0.343 e. The second-order valence-electron chi connectivity index (χ2n) is 13.7. The molecule has 26 nitrogen and oxygen atoms in total. The number of hydrogen-bond acceptors (Lipinski definition) is 24. The Morgan fingerprint density at radius 2 is 0.680 bits per heavy atom. The molecule has 438 valence electrons. The van der Waals surface area contributed by atoms with Gasteiger partial charge in [-0.1, -0.05) is 14.9 Å². The number of Topliss-reactive ketones (excluding diaryl/α,β-unsaturated/α-hetero) is 2. The zero-order valence-electron chi connectivity index (χ0n) is 43.8. The van der Waals surface area contributed by atoms with Crippen molar-refractivity contribution in [2.24, 2.45) is 16.7 Å². The van der Waals surface area contributed by atoms with Gasteiger partial charge in [0.15, 0.2) is 11.6 Å². The second-order valence-corrected chi connectivity index (χ2v) is 13.7. The van der Waals surface area contributed by atoms with Gasteiger partial charge in [0.2, 0.25) is 0 Å². The molecule has 0 spiro atoms. The molecule has 2 fully saturated rings. The molecule has 0 saturated carbocycles. The van der Waals surface area contributed by atoms with E-state index in [2.05, 4.69) is 18.0 Å². The predicted molar refractivity (Wildman–Crippen MR) is 271 cm³/mol. The quantitative estimate of drug-likeness (QED) is 0.0530. The van der Waals surface area contributed by atoms with Crippen molar-refractivity contribution in [3.05, 3.63) is 13.2 Å². The zero-order chi connectivity index (χ0) is 58.3. The van der Waals surface area contributed by atoms with Crippen molar-refractivity contribution < 1.29 is 115 Å². The number of amides is 4. The molecule has 0 N–H and O–H groups in total. The molecule has 75 heavy (non-hydrogen) atoms. The summed E-state index contributed by atoms with van der Waals surface area (Å²) in [6, 6.07) is 0. The first kappa shape index (κ1) is 88.6. The third-order valence-corrected chi connectivity index (χ3v) is 8.56. The SMILES string of the molecule is C.C.C=C.C=O.C=O.C=O.C=O.C=O.C=O.CCOCC(COCC)(COCC)COCC(=O)C(C)C(=O)ON1C(=O)CCC1=O.CCOCC(COCC)(COCC)COCC(=O)CC(=O)ON1C(=O)CCC1=O. The van der Waals surface area contributed by atoms with Gasteiger partial charge in [-0.15, -0.1) is 23.3 Å². The molecule has 0 aromatic rings. The summed E-state index contributed by atoms with van der Waals surface area (Å²) in [5.41, 5.74) is -1.18. The van der Waals surface area contributed by atoms with Crippen molar-refractivity contribution in [1.82, 2.24) is 10.1 Å². The Morgan fingerprint density at radius 1 is 0.440 bits per heavy atom. The number of rotatable bonds is 32. The van der Waals surface area contributed by atoms with Gasteiger partial charge < -0.3 is 76.3 Å². The smallest absolute Gasteiger partial charge is 0.343 e. The van der Waals surface area contributed by atoms with Crippen LogP contribution in [-0.2, 0) is 115 Å². The van der Waals surface area contributed by atoms with Crippen LogP contribution in [0.3, 0.4) is 0 Å². The molecule has 0 aromatic carbocycles. The number of ether oxygens (including phenoxy) is 8. The molecule has 2 heterocycles. The average molecular weight is 1090 g/mol. The maximum atomic E-state index is 12.3. The minimum atomic E-state index is -1.19. The Hall–Kier alpha value is -6.00. The summed E-state index contributed by atoms with van der Waals surface area (Å²) in [6.45, 7) is 35.2. The van der Waals surface area contributed by atoms with Gasteiger partial charge in [0, 0.05) is 65.3 Å². The molecule has 2 aliphatic heterocycles. The minimum absolute atomic E-state index is 0. The summed E-state index contributed by atoms with van der Waals surface area (Å²) < 4.78 is 44.4. The molecule has 0 aromatic heterocycles. The van der Waals surface area contributed by atoms with Crippen LogP contribution in [0.2, 0.25) is 0 Å². The van der Waals surface area contributed by atoms with Gasteiger partial charge in [0.05, 0.1) is 63.7 Å². The number of hydroxylamine groups is 4. The highest BCUT2D eigenvalue weighted by atomic mass is 16.7. The van der Waals surface area contributed by atoms with Crippen LogP contribution in [0, 0.1) is 16.7 Å². The molecule has 1 atom stereocenters. The fourth-order valence-electron chi connectivity index (χ4n) is 5.25. The molecule has 0 bridgehead atoms. The van der Waals surface area contributed by atoms with E-state index in [1.165, 1.54) is 6.92 Å². The Kier molecular flexibility index (Phi) is 73.6. The largest absolute Gasteiger partial charge is 0.381 e. The van der Waals surface area contributed by atoms with Crippen LogP contribution in [0.5, 0.6) is 0 Å². The Morgan fingerprint density at radius 3 is 0.947 bits per heavy atom. The van der Waals surface area contributed by atoms with Gasteiger partial charge in [0.25, 0.3) is 23.6 Å². The van der Waals surface area contributed by atoms with Crippen molar-refractivity contribution in [3.63, 3.8) is 0 Å². The molecule has 2 saturated heterocycles. The van der Waals surface area contributed by atoms with Gasteiger partial charge in [0.1, 0.15) is 66.3 Å². The molecule has 0 aliphatic carbocycles. The van der Waals surface area contributed by atoms with Gasteiger partial charge in [-0.05, 0) is 48.5 Å². The van der Waals surface area contributed by atoms with Crippen molar-refractivity contribution in [2.45, 2.75) is 95.4 Å². The van der Waals surface area contributed by atoms with Crippen LogP contribution >= 0.6 is 0 Å². The Bertz CT molecular complexity index is 1390. The monoisotopic (exact) mass is 1090 g/mol. The van der Waals surface area contributed by atoms with Crippen LogP contribution in [0.4, 0.5) is 0 Å². The fourth-order valence-corrected chi connectivity index (χ4v) is 5.25. The second kappa shape index (κ2) is 62.3. The molecular weight excluding hydrogens is 1000 g/mol. The topological polar surface area (TPSA) is 338 Å². The standard InChI is InChI=1S/C20H33NO9.C19H31NO9.C2H4.6CH2O.2CH4/c1-5-26-11-20(12-27-6-2,13-28-7-3)14-29-10-16(22)15(4)19(25)30-21-17(23)8-9-18(21)24;1-4-25-11-19(12-26-5-2,13-27-6-3)14-28-10-15(21)9-18(24)29-20-16(22)7-8-17(20)23;7*1-2;;/h15H,5-14H2,1-4H3;4-14H2,1-3H3;1-2H2;6*1H2;2*1H4. The van der Waals surface area contributed by atoms with Gasteiger partial charge in [-0.25, -0.2) is 9.59 Å². The third-order valence-electron chi connectivity index (χ3n) is 8.56. The van der Waals surface area contributed by atoms with E-state index in [1.54, 1.807) is 0 Å². The average Bonchev–Trinajstić information content (AvgIpc) is 3.93. The fraction of sp³-hybridized carbons (Fsp3) is 0.673. The van der Waals surface area contributed by atoms with E-state index in [4.69, 9.17) is 71.5 Å². The number of ketones is 2. The van der Waals surface area contributed by atoms with E-state index in [0.717, 1.165) is 0 Å². The highest BCUT2D eigenvalue weighted by molar-refractivity contribution is 6.04. The summed E-state index contributed by atoms with van der Waals surface area (Å²) in [7, 11) is 0. The molecule has 0 radical (unpaired) electrons. The van der Waals surface area contributed by atoms with Crippen molar-refractivity contribution in [1.29, 1.82) is 0 Å². The van der Waals surface area contributed by atoms with Gasteiger partial charge in [-0.2, -0.15) is 0 Å². The van der Waals surface area contributed by atoms with Crippen LogP contribution in [0.15, 0.2) is 13.2 Å². The summed E-state index contributed by atoms with van der Waals surface area (Å²) in [5, 5.41) is 0.831. The normalized spacial score (nSPS) is 12.2. The lowest BCUT2D eigenvalue weighted by atomic mass is 9.92. The zero-order valence-corrected chi connectivity index (χ0v) is 43.8. The molecular formula is C49H88N2O24. The van der Waals surface area contributed by atoms with E-state index in [0.29, 0.717) is 89.4 Å². The van der Waals surface area contributed by atoms with Crippen molar-refractivity contribution >= 4 is 87.9 Å². The van der Waals surface area contributed by atoms with Crippen LogP contribution in [-0.4, -0.2) is 204 Å². The first-order valence-corrected chi connectivity index (χ1v) is 22.2. The third kappa shape index (κ3) is 42.0. The number of nitrogens with zero attached hydrogens (tertiary/aromatic N) is 2. The van der Waals surface area contributed by atoms with Crippen molar-refractivity contribution in [3.8, 4) is 0 Å². The lowest BCUT2D eigenvalue weighted by molar-refractivity contribution is -0.200. The van der Waals surface area contributed by atoms with Crippen LogP contribution in [0.25, 0.3) is 0 Å². The van der Waals surface area contributed by atoms with Crippen LogP contribution in [0.1, 0.15) is 95.4 Å². The highest BCUT2D eigenvalue weighted by Gasteiger charge is 2.37. The van der Waals surface area contributed by atoms with E-state index in [1.807, 2.05) is 82.3 Å². The van der Waals surface area contributed by atoms with Crippen molar-refractivity contribution in [2.75, 3.05) is 106 Å². The predicted octanol–water partition coefficient (Wildman–Crippen LogP) is 2.54. The molecule has 1 unspecified atom stereocenters. The summed E-state index contributed by atoms with van der Waals surface area (Å²) in [5.74, 6) is -6.61. The van der Waals surface area contributed by atoms with E-state index >= 15 is 0 Å². The Labute approximate surface area is 442 Å². The first-order chi connectivity index (χ1) is 35.2. The summed E-state index contributed by atoms with van der Waals surface area (Å²) >= 11 is 0. The lowest BCUT2D eigenvalue weighted by Crippen LogP contribution is -2.42. The van der Waals surface area contributed by atoms with E-state index in [9.17, 15) is 38.4 Å². The number of carbonyl (C=O) groups excluding carboxylic acids is 14. The number of carbonyl (C=O) groups is 14. The van der Waals surface area contributed by atoms with E-state index < -0.39 is 70.3 Å². The van der Waals surface area contributed by atoms with Crippen LogP contribution < -0.4 is 0 Å². The van der Waals surface area contributed by atoms with E-state index in [-0.39, 0.29) is 67.0 Å². The van der Waals surface area contributed by atoms with Gasteiger partial charge in [-0.3, -0.25) is 28.8 Å². The first-order valence-electron chi connectivity index (χ1n) is 22.2. The van der Waals surface area contributed by atoms with Gasteiger partial charge >= 0.3 is 11.9 Å². The molecule has 2 rings (SSSR count). The summed E-state index contributed by atoms with van der Waals surface area (Å²) in [6.07, 6.45) is -0.653. The minimum Gasteiger partial charge on any atom is -0.381 e. The highest BCUT2D eigenvalue weighted by Crippen LogP contribution is 2.23. The number of imide groups is 2. The summed E-state index contributed by atoms with van der Waals surface area (Å²) in [4.78, 5) is 152. The lowest BCUT2D eigenvalue weighted by Gasteiger charge is -2.32.